The Morgan fingerprint density at radius 2 is 1.68 bits per heavy atom. The quantitative estimate of drug-likeness (QED) is 0.240. The monoisotopic (exact) mass is 522 g/mol. The average Bonchev–Trinajstić information content (AvgIpc) is 3.37. The number of rotatable bonds is 4. The zero-order valence-electron chi connectivity index (χ0n) is 19.8. The molecule has 1 aromatic heterocycles. The first-order valence-electron chi connectivity index (χ1n) is 11.1. The number of aromatic nitrogens is 1. The van der Waals surface area contributed by atoms with Crippen LogP contribution in [-0.2, 0) is 15.0 Å². The van der Waals surface area contributed by atoms with E-state index in [0.717, 1.165) is 10.0 Å². The smallest absolute Gasteiger partial charge is 0.301 e. The van der Waals surface area contributed by atoms with Crippen LogP contribution < -0.4 is 4.90 Å². The van der Waals surface area contributed by atoms with E-state index in [-0.39, 0.29) is 22.6 Å². The molecule has 2 aromatic carbocycles. The zero-order valence-corrected chi connectivity index (χ0v) is 21.4. The van der Waals surface area contributed by atoms with Gasteiger partial charge in [0, 0.05) is 21.5 Å². The summed E-state index contributed by atoms with van der Waals surface area (Å²) in [6.45, 7) is 10.1. The maximum absolute atomic E-state index is 13.3. The number of benzene rings is 2. The Morgan fingerprint density at radius 1 is 1.06 bits per heavy atom. The molecule has 6 nitrogen and oxygen atoms in total. The molecule has 1 saturated heterocycles. The van der Waals surface area contributed by atoms with Crippen molar-refractivity contribution in [2.75, 3.05) is 4.90 Å². The van der Waals surface area contributed by atoms with Crippen LogP contribution in [0.15, 0.2) is 69.2 Å². The van der Waals surface area contributed by atoms with Gasteiger partial charge in [0.15, 0.2) is 5.82 Å². The Hall–Kier alpha value is -3.19. The van der Waals surface area contributed by atoms with E-state index in [0.29, 0.717) is 22.8 Å². The van der Waals surface area contributed by atoms with Gasteiger partial charge in [0.25, 0.3) is 5.78 Å². The normalized spacial score (nSPS) is 18.2. The SMILES string of the molecule is CC(C)c1ccc([C@H]2/C(=C(\O)c3ccc(Br)cc3)C(=O)C(=O)N2c2cc(C(C)(C)C)on2)cc1. The molecule has 1 aliphatic heterocycles. The predicted octanol–water partition coefficient (Wildman–Crippen LogP) is 6.48. The van der Waals surface area contributed by atoms with Crippen LogP contribution in [0.25, 0.3) is 5.76 Å². The Bertz CT molecular complexity index is 1270. The summed E-state index contributed by atoms with van der Waals surface area (Å²) in [7, 11) is 0. The number of nitrogens with zero attached hydrogens (tertiary/aromatic N) is 2. The Kier molecular flexibility index (Phi) is 6.25. The highest BCUT2D eigenvalue weighted by Crippen LogP contribution is 2.43. The van der Waals surface area contributed by atoms with Crippen molar-refractivity contribution in [3.05, 3.63) is 87.1 Å². The molecular weight excluding hydrogens is 496 g/mol. The van der Waals surface area contributed by atoms with Crippen molar-refractivity contribution in [3.63, 3.8) is 0 Å². The van der Waals surface area contributed by atoms with Crippen molar-refractivity contribution in [1.29, 1.82) is 0 Å². The molecule has 0 aliphatic carbocycles. The topological polar surface area (TPSA) is 83.6 Å². The first kappa shape index (κ1) is 24.0. The van der Waals surface area contributed by atoms with E-state index in [1.807, 2.05) is 45.0 Å². The second kappa shape index (κ2) is 8.87. The highest BCUT2D eigenvalue weighted by atomic mass is 79.9. The summed E-state index contributed by atoms with van der Waals surface area (Å²) >= 11 is 3.38. The fraction of sp³-hybridized carbons (Fsp3) is 0.296. The molecule has 0 spiro atoms. The van der Waals surface area contributed by atoms with Crippen molar-refractivity contribution in [2.45, 2.75) is 52.0 Å². The lowest BCUT2D eigenvalue weighted by atomic mass is 9.92. The maximum atomic E-state index is 13.3. The molecule has 4 rings (SSSR count). The Balaban J connectivity index is 1.91. The van der Waals surface area contributed by atoms with Gasteiger partial charge in [-0.05, 0) is 29.2 Å². The summed E-state index contributed by atoms with van der Waals surface area (Å²) in [5, 5.41) is 15.3. The van der Waals surface area contributed by atoms with Gasteiger partial charge in [-0.2, -0.15) is 0 Å². The van der Waals surface area contributed by atoms with Crippen molar-refractivity contribution in [1.82, 2.24) is 5.16 Å². The third-order valence-corrected chi connectivity index (χ3v) is 6.49. The van der Waals surface area contributed by atoms with Crippen LogP contribution in [0.1, 0.15) is 69.0 Å². The van der Waals surface area contributed by atoms with E-state index in [2.05, 4.69) is 34.9 Å². The molecule has 34 heavy (non-hydrogen) atoms. The number of ketones is 1. The number of carbonyl (C=O) groups is 2. The number of amides is 1. The number of Topliss-reactive ketones (excluding diaryl/α,β-unsaturated/α-hetero) is 1. The van der Waals surface area contributed by atoms with Crippen LogP contribution in [0, 0.1) is 0 Å². The van der Waals surface area contributed by atoms with Crippen LogP contribution in [0.4, 0.5) is 5.82 Å². The molecule has 1 atom stereocenters. The number of halogens is 1. The van der Waals surface area contributed by atoms with Gasteiger partial charge in [-0.25, -0.2) is 0 Å². The van der Waals surface area contributed by atoms with Gasteiger partial charge in [0.1, 0.15) is 11.5 Å². The van der Waals surface area contributed by atoms with Gasteiger partial charge in [-0.3, -0.25) is 14.5 Å². The van der Waals surface area contributed by atoms with Gasteiger partial charge < -0.3 is 9.63 Å². The van der Waals surface area contributed by atoms with E-state index in [9.17, 15) is 14.7 Å². The van der Waals surface area contributed by atoms with Crippen molar-refractivity contribution in [2.24, 2.45) is 0 Å². The minimum Gasteiger partial charge on any atom is -0.507 e. The lowest BCUT2D eigenvalue weighted by molar-refractivity contribution is -0.132. The van der Waals surface area contributed by atoms with Crippen LogP contribution in [0.3, 0.4) is 0 Å². The van der Waals surface area contributed by atoms with Gasteiger partial charge >= 0.3 is 5.91 Å². The molecule has 176 valence electrons. The molecule has 0 unspecified atom stereocenters. The molecule has 1 fully saturated rings. The summed E-state index contributed by atoms with van der Waals surface area (Å²) < 4.78 is 6.35. The Labute approximate surface area is 207 Å². The first-order valence-corrected chi connectivity index (χ1v) is 11.9. The minimum absolute atomic E-state index is 0.0185. The minimum atomic E-state index is -0.845. The summed E-state index contributed by atoms with van der Waals surface area (Å²) in [6, 6.07) is 15.5. The molecular formula is C27H27BrN2O4. The van der Waals surface area contributed by atoms with E-state index in [1.54, 1.807) is 30.3 Å². The van der Waals surface area contributed by atoms with Gasteiger partial charge in [0.2, 0.25) is 0 Å². The number of hydrogen-bond acceptors (Lipinski definition) is 5. The molecule has 0 bridgehead atoms. The fourth-order valence-electron chi connectivity index (χ4n) is 3.94. The summed E-state index contributed by atoms with van der Waals surface area (Å²) in [5.41, 5.74) is 1.96. The summed E-state index contributed by atoms with van der Waals surface area (Å²) in [6.07, 6.45) is 0. The molecule has 0 saturated carbocycles. The largest absolute Gasteiger partial charge is 0.507 e. The second-order valence-electron chi connectivity index (χ2n) is 9.80. The van der Waals surface area contributed by atoms with Crippen molar-refractivity contribution in [3.8, 4) is 0 Å². The van der Waals surface area contributed by atoms with Crippen molar-refractivity contribution >= 4 is 39.2 Å². The van der Waals surface area contributed by atoms with Crippen LogP contribution >= 0.6 is 15.9 Å². The predicted molar refractivity (Wildman–Crippen MR) is 135 cm³/mol. The molecule has 7 heteroatoms. The highest BCUT2D eigenvalue weighted by molar-refractivity contribution is 9.10. The van der Waals surface area contributed by atoms with E-state index < -0.39 is 17.7 Å². The highest BCUT2D eigenvalue weighted by Gasteiger charge is 2.48. The number of hydrogen-bond donors (Lipinski definition) is 1. The van der Waals surface area contributed by atoms with Crippen molar-refractivity contribution < 1.29 is 19.2 Å². The lowest BCUT2D eigenvalue weighted by Gasteiger charge is -2.23. The van der Waals surface area contributed by atoms with E-state index >= 15 is 0 Å². The Morgan fingerprint density at radius 3 is 2.21 bits per heavy atom. The molecule has 1 N–H and O–H groups in total. The van der Waals surface area contributed by atoms with Crippen LogP contribution in [0.2, 0.25) is 0 Å². The van der Waals surface area contributed by atoms with Gasteiger partial charge in [-0.1, -0.05) is 92.1 Å². The third kappa shape index (κ3) is 4.32. The standard InChI is InChI=1S/C27H27BrN2O4/c1-15(2)16-6-8-17(9-7-16)23-22(24(31)18-10-12-19(28)13-11-18)25(32)26(33)30(23)21-14-20(34-29-21)27(3,4)5/h6-15,23,31H,1-5H3/b24-22+/t23-/m0/s1. The average molecular weight is 523 g/mol. The maximum Gasteiger partial charge on any atom is 0.301 e. The van der Waals surface area contributed by atoms with Gasteiger partial charge in [-0.15, -0.1) is 0 Å². The summed E-state index contributed by atoms with van der Waals surface area (Å²) in [5.74, 6) is -0.603. The summed E-state index contributed by atoms with van der Waals surface area (Å²) in [4.78, 5) is 27.8. The number of anilines is 1. The van der Waals surface area contributed by atoms with Crippen LogP contribution in [0.5, 0.6) is 0 Å². The van der Waals surface area contributed by atoms with E-state index in [1.165, 1.54) is 4.90 Å². The molecule has 0 radical (unpaired) electrons. The van der Waals surface area contributed by atoms with Gasteiger partial charge in [0.05, 0.1) is 11.6 Å². The lowest BCUT2D eigenvalue weighted by Crippen LogP contribution is -2.29. The van der Waals surface area contributed by atoms with Crippen LogP contribution in [-0.4, -0.2) is 22.0 Å². The molecule has 3 aromatic rings. The zero-order chi connectivity index (χ0) is 24.8. The van der Waals surface area contributed by atoms with E-state index in [4.69, 9.17) is 4.52 Å². The first-order chi connectivity index (χ1) is 16.0. The number of aliphatic hydroxyl groups excluding tert-OH is 1. The number of aliphatic hydroxyl groups is 1. The number of carbonyl (C=O) groups excluding carboxylic acids is 2. The second-order valence-corrected chi connectivity index (χ2v) is 10.7. The fourth-order valence-corrected chi connectivity index (χ4v) is 4.21. The molecule has 1 aliphatic rings. The third-order valence-electron chi connectivity index (χ3n) is 5.96. The molecule has 1 amide bonds. The molecule has 2 heterocycles.